The highest BCUT2D eigenvalue weighted by Gasteiger charge is 2.20. The number of amides is 1. The summed E-state index contributed by atoms with van der Waals surface area (Å²) in [4.78, 5) is 16.2. The van der Waals surface area contributed by atoms with Gasteiger partial charge in [-0.2, -0.15) is 0 Å². The van der Waals surface area contributed by atoms with Gasteiger partial charge in [0.15, 0.2) is 0 Å². The summed E-state index contributed by atoms with van der Waals surface area (Å²) in [7, 11) is 0. The van der Waals surface area contributed by atoms with Gasteiger partial charge in [0.2, 0.25) is 0 Å². The molecule has 1 aromatic rings. The van der Waals surface area contributed by atoms with Gasteiger partial charge in [-0.25, -0.2) is 4.98 Å². The van der Waals surface area contributed by atoms with Crippen LogP contribution in [0, 0.1) is 5.92 Å². The second kappa shape index (κ2) is 5.70. The fraction of sp³-hybridized carbons (Fsp3) is 0.571. The fourth-order valence-corrected chi connectivity index (χ4v) is 2.06. The van der Waals surface area contributed by atoms with E-state index in [1.807, 2.05) is 19.9 Å². The molecule has 0 saturated heterocycles. The molecule has 0 aliphatic heterocycles. The molecular formula is C14H19ClN2O. The van der Waals surface area contributed by atoms with Crippen molar-refractivity contribution in [3.8, 4) is 0 Å². The van der Waals surface area contributed by atoms with Gasteiger partial charge in [-0.1, -0.05) is 38.3 Å². The van der Waals surface area contributed by atoms with E-state index in [0.29, 0.717) is 10.7 Å². The van der Waals surface area contributed by atoms with Crippen molar-refractivity contribution in [3.63, 3.8) is 0 Å². The summed E-state index contributed by atoms with van der Waals surface area (Å²) in [5, 5.41) is 3.32. The Kier molecular flexibility index (Phi) is 4.23. The van der Waals surface area contributed by atoms with Crippen LogP contribution in [0.5, 0.6) is 0 Å². The smallest absolute Gasteiger partial charge is 0.251 e. The largest absolute Gasteiger partial charge is 0.352 e. The molecule has 1 amide bonds. The van der Waals surface area contributed by atoms with Crippen LogP contribution in [-0.4, -0.2) is 17.4 Å². The number of hydrogen-bond acceptors (Lipinski definition) is 2. The number of aromatic nitrogens is 1. The van der Waals surface area contributed by atoms with E-state index in [1.165, 1.54) is 12.8 Å². The first kappa shape index (κ1) is 13.3. The van der Waals surface area contributed by atoms with Crippen molar-refractivity contribution in [2.45, 2.75) is 39.0 Å². The van der Waals surface area contributed by atoms with Gasteiger partial charge >= 0.3 is 0 Å². The molecule has 1 aromatic heterocycles. The van der Waals surface area contributed by atoms with Crippen LogP contribution in [0.25, 0.3) is 0 Å². The average Bonchev–Trinajstić information content (AvgIpc) is 3.12. The Morgan fingerprint density at radius 2 is 2.22 bits per heavy atom. The fourth-order valence-electron chi connectivity index (χ4n) is 1.84. The summed E-state index contributed by atoms with van der Waals surface area (Å²) in [5.41, 5.74) is 1.46. The van der Waals surface area contributed by atoms with Crippen LogP contribution in [0.1, 0.15) is 55.1 Å². The molecule has 0 spiro atoms. The van der Waals surface area contributed by atoms with E-state index in [9.17, 15) is 4.79 Å². The second-order valence-electron chi connectivity index (χ2n) is 5.25. The number of nitrogens with zero attached hydrogens (tertiary/aromatic N) is 1. The van der Waals surface area contributed by atoms with Crippen LogP contribution in [-0.2, 0) is 0 Å². The van der Waals surface area contributed by atoms with Crippen LogP contribution >= 0.6 is 11.6 Å². The van der Waals surface area contributed by atoms with E-state index in [2.05, 4.69) is 10.3 Å². The molecule has 98 valence electrons. The second-order valence-corrected chi connectivity index (χ2v) is 5.63. The highest BCUT2D eigenvalue weighted by Crippen LogP contribution is 2.31. The van der Waals surface area contributed by atoms with Crippen LogP contribution < -0.4 is 5.32 Å². The molecule has 18 heavy (non-hydrogen) atoms. The summed E-state index contributed by atoms with van der Waals surface area (Å²) in [5.74, 6) is 1.04. The lowest BCUT2D eigenvalue weighted by atomic mass is 10.1. The maximum absolute atomic E-state index is 12.0. The standard InChI is InChI=1S/C14H19ClN2O/c1-9(2)12-7-11(8-13(15)17-12)14(18)16-6-5-10-3-4-10/h7-10H,3-6H2,1-2H3,(H,16,18). The monoisotopic (exact) mass is 266 g/mol. The van der Waals surface area contributed by atoms with Crippen molar-refractivity contribution < 1.29 is 4.79 Å². The molecule has 4 heteroatoms. The predicted octanol–water partition coefficient (Wildman–Crippen LogP) is 3.39. The van der Waals surface area contributed by atoms with E-state index in [4.69, 9.17) is 11.6 Å². The molecule has 1 aliphatic rings. The van der Waals surface area contributed by atoms with E-state index in [-0.39, 0.29) is 11.8 Å². The highest BCUT2D eigenvalue weighted by molar-refractivity contribution is 6.29. The normalized spacial score (nSPS) is 14.9. The molecule has 1 N–H and O–H groups in total. The number of hydrogen-bond donors (Lipinski definition) is 1. The molecule has 1 aliphatic carbocycles. The lowest BCUT2D eigenvalue weighted by Gasteiger charge is -2.09. The highest BCUT2D eigenvalue weighted by atomic mass is 35.5. The Hall–Kier alpha value is -1.09. The maximum Gasteiger partial charge on any atom is 0.251 e. The molecule has 1 heterocycles. The summed E-state index contributed by atoms with van der Waals surface area (Å²) in [6.07, 6.45) is 3.71. The number of rotatable bonds is 5. The number of pyridine rings is 1. The molecular weight excluding hydrogens is 248 g/mol. The third-order valence-corrected chi connectivity index (χ3v) is 3.40. The summed E-state index contributed by atoms with van der Waals surface area (Å²) in [6, 6.07) is 3.45. The molecule has 0 radical (unpaired) electrons. The van der Waals surface area contributed by atoms with Gasteiger partial charge in [0.25, 0.3) is 5.91 Å². The summed E-state index contributed by atoms with van der Waals surface area (Å²) >= 11 is 5.94. The maximum atomic E-state index is 12.0. The van der Waals surface area contributed by atoms with Gasteiger partial charge < -0.3 is 5.32 Å². The van der Waals surface area contributed by atoms with Gasteiger partial charge in [-0.15, -0.1) is 0 Å². The molecule has 1 saturated carbocycles. The first-order chi connectivity index (χ1) is 8.56. The lowest BCUT2D eigenvalue weighted by Crippen LogP contribution is -2.25. The third-order valence-electron chi connectivity index (χ3n) is 3.20. The van der Waals surface area contributed by atoms with E-state index >= 15 is 0 Å². The topological polar surface area (TPSA) is 42.0 Å². The Morgan fingerprint density at radius 3 is 2.83 bits per heavy atom. The molecule has 1 fully saturated rings. The van der Waals surface area contributed by atoms with Crippen molar-refractivity contribution in [2.75, 3.05) is 6.54 Å². The molecule has 0 unspecified atom stereocenters. The van der Waals surface area contributed by atoms with Crippen LogP contribution in [0.4, 0.5) is 0 Å². The number of nitrogens with one attached hydrogen (secondary N) is 1. The van der Waals surface area contributed by atoms with Gasteiger partial charge in [-0.05, 0) is 30.4 Å². The van der Waals surface area contributed by atoms with E-state index < -0.39 is 0 Å². The zero-order chi connectivity index (χ0) is 13.1. The van der Waals surface area contributed by atoms with Gasteiger partial charge in [-0.3, -0.25) is 4.79 Å². The minimum absolute atomic E-state index is 0.0538. The number of halogens is 1. The Labute approximate surface area is 113 Å². The van der Waals surface area contributed by atoms with Crippen LogP contribution in [0.3, 0.4) is 0 Å². The molecule has 0 bridgehead atoms. The first-order valence-electron chi connectivity index (χ1n) is 6.52. The number of carbonyl (C=O) groups is 1. The van der Waals surface area contributed by atoms with E-state index in [1.54, 1.807) is 6.07 Å². The van der Waals surface area contributed by atoms with Gasteiger partial charge in [0, 0.05) is 17.8 Å². The van der Waals surface area contributed by atoms with Gasteiger partial charge in [0.1, 0.15) is 5.15 Å². The van der Waals surface area contributed by atoms with Crippen molar-refractivity contribution in [3.05, 3.63) is 28.5 Å². The Bertz CT molecular complexity index is 441. The van der Waals surface area contributed by atoms with Crippen molar-refractivity contribution in [1.82, 2.24) is 10.3 Å². The lowest BCUT2D eigenvalue weighted by molar-refractivity contribution is 0.0952. The zero-order valence-electron chi connectivity index (χ0n) is 10.9. The number of carbonyl (C=O) groups excluding carboxylic acids is 1. The summed E-state index contributed by atoms with van der Waals surface area (Å²) < 4.78 is 0. The SMILES string of the molecule is CC(C)c1cc(C(=O)NCCC2CC2)cc(Cl)n1. The first-order valence-corrected chi connectivity index (χ1v) is 6.89. The van der Waals surface area contributed by atoms with Gasteiger partial charge in [0.05, 0.1) is 0 Å². The molecule has 0 atom stereocenters. The molecule has 3 nitrogen and oxygen atoms in total. The Morgan fingerprint density at radius 1 is 1.50 bits per heavy atom. The van der Waals surface area contributed by atoms with E-state index in [0.717, 1.165) is 24.6 Å². The Balaban J connectivity index is 1.99. The van der Waals surface area contributed by atoms with Crippen molar-refractivity contribution >= 4 is 17.5 Å². The third kappa shape index (κ3) is 3.70. The molecule has 2 rings (SSSR count). The quantitative estimate of drug-likeness (QED) is 0.830. The zero-order valence-corrected chi connectivity index (χ0v) is 11.6. The predicted molar refractivity (Wildman–Crippen MR) is 73.0 cm³/mol. The average molecular weight is 267 g/mol. The van der Waals surface area contributed by atoms with Crippen LogP contribution in [0.15, 0.2) is 12.1 Å². The minimum Gasteiger partial charge on any atom is -0.352 e. The summed E-state index contributed by atoms with van der Waals surface area (Å²) in [6.45, 7) is 4.82. The van der Waals surface area contributed by atoms with Crippen LogP contribution in [0.2, 0.25) is 5.15 Å². The van der Waals surface area contributed by atoms with Crippen molar-refractivity contribution in [2.24, 2.45) is 5.92 Å². The van der Waals surface area contributed by atoms with Crippen molar-refractivity contribution in [1.29, 1.82) is 0 Å². The minimum atomic E-state index is -0.0538. The molecule has 0 aromatic carbocycles.